The van der Waals surface area contributed by atoms with Crippen LogP contribution in [-0.2, 0) is 33.6 Å². The Morgan fingerprint density at radius 1 is 0.867 bits per heavy atom. The van der Waals surface area contributed by atoms with Crippen LogP contribution in [0.15, 0.2) is 48.9 Å². The molecule has 20 nitrogen and oxygen atoms in total. The molecule has 2 aromatic rings. The molecule has 1 aromatic heterocycles. The molecule has 5 atom stereocenters. The van der Waals surface area contributed by atoms with Gasteiger partial charge in [-0.2, -0.15) is 0 Å². The van der Waals surface area contributed by atoms with Gasteiger partial charge >= 0.3 is 6.03 Å². The van der Waals surface area contributed by atoms with Crippen molar-refractivity contribution in [1.29, 1.82) is 0 Å². The summed E-state index contributed by atoms with van der Waals surface area (Å²) in [6.07, 6.45) is 4.35. The first-order chi connectivity index (χ1) is 28.2. The third kappa shape index (κ3) is 14.1. The van der Waals surface area contributed by atoms with Crippen molar-refractivity contribution in [2.24, 2.45) is 17.3 Å². The topological polar surface area (TPSA) is 270 Å². The van der Waals surface area contributed by atoms with Gasteiger partial charge in [-0.1, -0.05) is 66.2 Å². The maximum Gasteiger partial charge on any atom is 0.321 e. The smallest absolute Gasteiger partial charge is 0.321 e. The molecule has 0 aliphatic carbocycles. The molecule has 2 heterocycles. The van der Waals surface area contributed by atoms with E-state index in [4.69, 9.17) is 0 Å². The molecule has 1 aromatic carbocycles. The number of hydrogen-bond donors (Lipinski definition) is 7. The fourth-order valence-electron chi connectivity index (χ4n) is 6.17. The predicted octanol–water partition coefficient (Wildman–Crippen LogP) is -0.415. The Morgan fingerprint density at radius 3 is 2.10 bits per heavy atom. The molecular weight excluding hydrogens is 779 g/mol. The lowest BCUT2D eigenvalue weighted by Crippen LogP contribution is -2.57. The normalized spacial score (nSPS) is 16.3. The SMILES string of the molecule is CCC[C@H](NC(=O)[C@@H]1CN(C(=O)Nc2ccccc2)C[C@@H]1NC(=O)[C@@H](NC(=O)CNC(=O)c1cnccn1)C(C)C)C(=O)C(=O)NCC(=O)N[C@H](C(=O)N(C)C)C(C)(C)C. The molecule has 60 heavy (non-hydrogen) atoms. The van der Waals surface area contributed by atoms with Crippen LogP contribution < -0.4 is 37.2 Å². The van der Waals surface area contributed by atoms with E-state index in [1.165, 1.54) is 28.4 Å². The summed E-state index contributed by atoms with van der Waals surface area (Å²) in [5.74, 6) is -7.55. The van der Waals surface area contributed by atoms with E-state index in [0.717, 1.165) is 0 Å². The lowest BCUT2D eigenvalue weighted by molar-refractivity contribution is -0.141. The van der Waals surface area contributed by atoms with Crippen molar-refractivity contribution >= 4 is 58.9 Å². The number of rotatable bonds is 18. The minimum Gasteiger partial charge on any atom is -0.349 e. The van der Waals surface area contributed by atoms with E-state index < -0.39 is 102 Å². The number of aromatic nitrogens is 2. The van der Waals surface area contributed by atoms with Crippen molar-refractivity contribution in [3.8, 4) is 0 Å². The number of benzene rings is 1. The van der Waals surface area contributed by atoms with Gasteiger partial charge in [0, 0.05) is 45.3 Å². The van der Waals surface area contributed by atoms with E-state index in [9.17, 15) is 43.2 Å². The number of urea groups is 1. The molecule has 1 saturated heterocycles. The number of anilines is 1. The molecular formula is C40H57N11O9. The summed E-state index contributed by atoms with van der Waals surface area (Å²) in [5.41, 5.74) is -0.189. The minimum absolute atomic E-state index is 0.00930. The van der Waals surface area contributed by atoms with Crippen molar-refractivity contribution in [3.05, 3.63) is 54.6 Å². The Hall–Kier alpha value is -6.47. The zero-order valence-electron chi connectivity index (χ0n) is 35.3. The van der Waals surface area contributed by atoms with Gasteiger partial charge in [0.25, 0.3) is 11.8 Å². The summed E-state index contributed by atoms with van der Waals surface area (Å²) >= 11 is 0. The molecule has 0 saturated carbocycles. The highest BCUT2D eigenvalue weighted by Gasteiger charge is 2.43. The average Bonchev–Trinajstić information content (AvgIpc) is 3.63. The number of nitrogens with zero attached hydrogens (tertiary/aromatic N) is 4. The number of carbonyl (C=O) groups excluding carboxylic acids is 9. The van der Waals surface area contributed by atoms with Gasteiger partial charge in [0.15, 0.2) is 0 Å². The van der Waals surface area contributed by atoms with Crippen LogP contribution in [0, 0.1) is 17.3 Å². The number of para-hydroxylation sites is 1. The third-order valence-electron chi connectivity index (χ3n) is 9.47. The number of likely N-dealkylation sites (N-methyl/N-ethyl adjacent to an activating group) is 1. The molecule has 20 heteroatoms. The minimum atomic E-state index is -1.33. The van der Waals surface area contributed by atoms with Gasteiger partial charge in [-0.3, -0.25) is 43.3 Å². The zero-order chi connectivity index (χ0) is 44.7. The van der Waals surface area contributed by atoms with E-state index in [2.05, 4.69) is 47.2 Å². The molecule has 1 aliphatic rings. The Labute approximate surface area is 349 Å². The number of carbonyl (C=O) groups is 9. The fraction of sp³-hybridized carbons (Fsp3) is 0.525. The highest BCUT2D eigenvalue weighted by atomic mass is 16.2. The van der Waals surface area contributed by atoms with Crippen molar-refractivity contribution in [2.75, 3.05) is 45.6 Å². The Balaban J connectivity index is 1.74. The average molecular weight is 836 g/mol. The molecule has 9 amide bonds. The standard InChI is InChI=1S/C40H57N11O9/c1-9-13-26(32(54)37(58)44-20-30(53)49-33(40(4,5)6)38(59)50(7)8)46-34(55)25-21-51(39(60)45-24-14-11-10-12-15-24)22-28(25)47-36(57)31(23(2)3)48-29(52)19-43-35(56)27-18-41-16-17-42-27/h10-12,14-18,23,25-26,28,31,33H,9,13,19-22H2,1-8H3,(H,43,56)(H,44,58)(H,45,60)(H,46,55)(H,47,57)(H,48,52)(H,49,53)/t25-,26+,28+,31+,33-/m1/s1. The summed E-state index contributed by atoms with van der Waals surface area (Å²) in [5, 5.41) is 18.0. The summed E-state index contributed by atoms with van der Waals surface area (Å²) in [4.78, 5) is 129. The molecule has 7 N–H and O–H groups in total. The van der Waals surface area contributed by atoms with E-state index in [-0.39, 0.29) is 31.1 Å². The van der Waals surface area contributed by atoms with Crippen LogP contribution in [0.3, 0.4) is 0 Å². The molecule has 0 radical (unpaired) electrons. The Bertz CT molecular complexity index is 1870. The molecule has 0 spiro atoms. The van der Waals surface area contributed by atoms with E-state index in [1.807, 2.05) is 0 Å². The van der Waals surface area contributed by atoms with Crippen molar-refractivity contribution in [2.45, 2.75) is 78.6 Å². The lowest BCUT2D eigenvalue weighted by atomic mass is 9.86. The van der Waals surface area contributed by atoms with Gasteiger partial charge in [0.1, 0.15) is 17.8 Å². The molecule has 1 aliphatic heterocycles. The molecule has 3 rings (SSSR count). The highest BCUT2D eigenvalue weighted by Crippen LogP contribution is 2.22. The van der Waals surface area contributed by atoms with Crippen molar-refractivity contribution in [1.82, 2.24) is 51.7 Å². The third-order valence-corrected chi connectivity index (χ3v) is 9.47. The van der Waals surface area contributed by atoms with Crippen molar-refractivity contribution < 1.29 is 43.2 Å². The number of hydrogen-bond acceptors (Lipinski definition) is 11. The lowest BCUT2D eigenvalue weighted by Gasteiger charge is -2.32. The van der Waals surface area contributed by atoms with Crippen LogP contribution in [0.4, 0.5) is 10.5 Å². The van der Waals surface area contributed by atoms with Crippen LogP contribution >= 0.6 is 0 Å². The van der Waals surface area contributed by atoms with Crippen LogP contribution in [0.5, 0.6) is 0 Å². The molecule has 0 bridgehead atoms. The predicted molar refractivity (Wildman–Crippen MR) is 219 cm³/mol. The first-order valence-electron chi connectivity index (χ1n) is 19.6. The van der Waals surface area contributed by atoms with E-state index in [1.54, 1.807) is 86.0 Å². The maximum absolute atomic E-state index is 14.0. The van der Waals surface area contributed by atoms with Gasteiger partial charge in [-0.15, -0.1) is 0 Å². The second-order valence-electron chi connectivity index (χ2n) is 16.0. The molecule has 326 valence electrons. The number of nitrogens with one attached hydrogen (secondary N) is 7. The van der Waals surface area contributed by atoms with Crippen LogP contribution in [-0.4, -0.2) is 137 Å². The summed E-state index contributed by atoms with van der Waals surface area (Å²) in [6, 6.07) is 3.62. The highest BCUT2D eigenvalue weighted by molar-refractivity contribution is 6.38. The van der Waals surface area contributed by atoms with Gasteiger partial charge < -0.3 is 47.0 Å². The first-order valence-corrected chi connectivity index (χ1v) is 19.6. The van der Waals surface area contributed by atoms with Gasteiger partial charge in [-0.05, 0) is 29.9 Å². The Morgan fingerprint density at radius 2 is 1.52 bits per heavy atom. The Kier molecular flexibility index (Phi) is 17.6. The van der Waals surface area contributed by atoms with Crippen LogP contribution in [0.25, 0.3) is 0 Å². The number of amides is 9. The van der Waals surface area contributed by atoms with Crippen LogP contribution in [0.2, 0.25) is 0 Å². The second kappa shape index (κ2) is 22.1. The number of likely N-dealkylation sites (tertiary alicyclic amines) is 1. The molecule has 0 unspecified atom stereocenters. The largest absolute Gasteiger partial charge is 0.349 e. The van der Waals surface area contributed by atoms with E-state index >= 15 is 0 Å². The van der Waals surface area contributed by atoms with Gasteiger partial charge in [0.2, 0.25) is 35.3 Å². The van der Waals surface area contributed by atoms with Crippen LogP contribution in [0.1, 0.15) is 64.9 Å². The first kappa shape index (κ1) is 47.9. The zero-order valence-corrected chi connectivity index (χ0v) is 35.3. The summed E-state index contributed by atoms with van der Waals surface area (Å²) in [7, 11) is 3.10. The van der Waals surface area contributed by atoms with Gasteiger partial charge in [-0.25, -0.2) is 9.78 Å². The maximum atomic E-state index is 14.0. The summed E-state index contributed by atoms with van der Waals surface area (Å²) in [6.45, 7) is 8.98. The fourth-order valence-corrected chi connectivity index (χ4v) is 6.17. The summed E-state index contributed by atoms with van der Waals surface area (Å²) < 4.78 is 0. The quantitative estimate of drug-likeness (QED) is 0.0949. The number of Topliss-reactive ketones (excluding diaryl/α,β-unsaturated/α-hetero) is 1. The van der Waals surface area contributed by atoms with Gasteiger partial charge in [0.05, 0.1) is 37.3 Å². The second-order valence-corrected chi connectivity index (χ2v) is 16.0. The molecule has 1 fully saturated rings. The number of ketones is 1. The van der Waals surface area contributed by atoms with E-state index in [0.29, 0.717) is 12.1 Å². The van der Waals surface area contributed by atoms with Crippen molar-refractivity contribution in [3.63, 3.8) is 0 Å². The monoisotopic (exact) mass is 835 g/mol.